The molecular formula is C26H27N3O. The van der Waals surface area contributed by atoms with E-state index in [0.717, 1.165) is 46.6 Å². The molecule has 4 heteroatoms. The Kier molecular flexibility index (Phi) is 6.05. The summed E-state index contributed by atoms with van der Waals surface area (Å²) in [6.07, 6.45) is 2.72. The monoisotopic (exact) mass is 397 g/mol. The number of ether oxygens (including phenoxy) is 1. The number of benzene rings is 3. The lowest BCUT2D eigenvalue weighted by atomic mass is 9.97. The fraction of sp³-hybridized carbons (Fsp3) is 0.231. The summed E-state index contributed by atoms with van der Waals surface area (Å²) in [5, 5.41) is 4.76. The van der Waals surface area contributed by atoms with Crippen molar-refractivity contribution in [3.63, 3.8) is 0 Å². The number of fused-ring (bicyclic) bond motifs is 1. The molecule has 1 heterocycles. The van der Waals surface area contributed by atoms with Gasteiger partial charge in [0, 0.05) is 5.39 Å². The molecule has 152 valence electrons. The van der Waals surface area contributed by atoms with Crippen LogP contribution in [-0.4, -0.2) is 16.5 Å². The van der Waals surface area contributed by atoms with Gasteiger partial charge in [-0.2, -0.15) is 0 Å². The van der Waals surface area contributed by atoms with Crippen molar-refractivity contribution in [3.8, 4) is 11.5 Å². The summed E-state index contributed by atoms with van der Waals surface area (Å²) in [6, 6.07) is 22.4. The fourth-order valence-electron chi connectivity index (χ4n) is 3.58. The molecule has 0 fully saturated rings. The first-order chi connectivity index (χ1) is 14.7. The molecule has 30 heavy (non-hydrogen) atoms. The summed E-state index contributed by atoms with van der Waals surface area (Å²) in [4.78, 5) is 9.19. The molecule has 0 saturated carbocycles. The van der Waals surface area contributed by atoms with E-state index < -0.39 is 0 Å². The van der Waals surface area contributed by atoms with Crippen LogP contribution in [0.4, 0.5) is 0 Å². The Morgan fingerprint density at radius 3 is 2.30 bits per heavy atom. The molecule has 0 spiro atoms. The van der Waals surface area contributed by atoms with E-state index in [-0.39, 0.29) is 6.04 Å². The van der Waals surface area contributed by atoms with Crippen molar-refractivity contribution in [2.45, 2.75) is 33.2 Å². The highest BCUT2D eigenvalue weighted by Crippen LogP contribution is 2.30. The zero-order valence-electron chi connectivity index (χ0n) is 17.7. The standard InChI is InChI=1S/C26H27N3O/c1-4-14-27-25(26-23-15-18(2)19(3)16-24(23)28-17-29-26)20-10-12-22(13-11-20)30-21-8-6-5-7-9-21/h5-13,15-17,25,27H,4,14H2,1-3H3/t25-/m0/s1. The lowest BCUT2D eigenvalue weighted by molar-refractivity contribution is 0.482. The molecule has 1 aromatic heterocycles. The van der Waals surface area contributed by atoms with Crippen LogP contribution in [-0.2, 0) is 0 Å². The molecule has 0 saturated heterocycles. The molecule has 4 aromatic rings. The zero-order valence-corrected chi connectivity index (χ0v) is 17.7. The second kappa shape index (κ2) is 9.06. The predicted molar refractivity (Wildman–Crippen MR) is 122 cm³/mol. The van der Waals surface area contributed by atoms with Crippen LogP contribution in [0.1, 0.15) is 41.8 Å². The van der Waals surface area contributed by atoms with Crippen molar-refractivity contribution in [1.29, 1.82) is 0 Å². The highest BCUT2D eigenvalue weighted by molar-refractivity contribution is 5.83. The highest BCUT2D eigenvalue weighted by Gasteiger charge is 2.19. The number of aryl methyl sites for hydroxylation is 2. The maximum Gasteiger partial charge on any atom is 0.127 e. The highest BCUT2D eigenvalue weighted by atomic mass is 16.5. The van der Waals surface area contributed by atoms with Crippen LogP contribution in [0.15, 0.2) is 73.1 Å². The summed E-state index contributed by atoms with van der Waals surface area (Å²) in [6.45, 7) is 7.33. The van der Waals surface area contributed by atoms with Gasteiger partial charge in [-0.05, 0) is 79.9 Å². The third-order valence-electron chi connectivity index (χ3n) is 5.35. The molecule has 4 nitrogen and oxygen atoms in total. The van der Waals surface area contributed by atoms with Gasteiger partial charge in [0.1, 0.15) is 17.8 Å². The third kappa shape index (κ3) is 4.34. The van der Waals surface area contributed by atoms with Crippen LogP contribution in [0.5, 0.6) is 11.5 Å². The van der Waals surface area contributed by atoms with Gasteiger partial charge >= 0.3 is 0 Å². The molecular weight excluding hydrogens is 370 g/mol. The van der Waals surface area contributed by atoms with Crippen LogP contribution in [0.25, 0.3) is 10.9 Å². The molecule has 0 bridgehead atoms. The molecule has 0 aliphatic carbocycles. The van der Waals surface area contributed by atoms with Gasteiger partial charge in [0.25, 0.3) is 0 Å². The normalized spacial score (nSPS) is 12.1. The van der Waals surface area contributed by atoms with Crippen LogP contribution >= 0.6 is 0 Å². The zero-order chi connectivity index (χ0) is 20.9. The molecule has 1 N–H and O–H groups in total. The topological polar surface area (TPSA) is 47.0 Å². The minimum absolute atomic E-state index is 0.0108. The van der Waals surface area contributed by atoms with Crippen LogP contribution < -0.4 is 10.1 Å². The van der Waals surface area contributed by atoms with Crippen molar-refractivity contribution in [1.82, 2.24) is 15.3 Å². The first kappa shape index (κ1) is 20.0. The molecule has 4 rings (SSSR count). The van der Waals surface area contributed by atoms with Crippen LogP contribution in [0, 0.1) is 13.8 Å². The van der Waals surface area contributed by atoms with E-state index in [4.69, 9.17) is 9.72 Å². The minimum Gasteiger partial charge on any atom is -0.457 e. The summed E-state index contributed by atoms with van der Waals surface area (Å²) in [5.74, 6) is 1.65. The Morgan fingerprint density at radius 2 is 1.57 bits per heavy atom. The van der Waals surface area contributed by atoms with Crippen molar-refractivity contribution in [3.05, 3.63) is 95.4 Å². The Balaban J connectivity index is 1.70. The van der Waals surface area contributed by atoms with Gasteiger partial charge in [-0.15, -0.1) is 0 Å². The average molecular weight is 398 g/mol. The quantitative estimate of drug-likeness (QED) is 0.408. The van der Waals surface area contributed by atoms with Crippen molar-refractivity contribution in [2.75, 3.05) is 6.54 Å². The van der Waals surface area contributed by atoms with Crippen molar-refractivity contribution < 1.29 is 4.74 Å². The molecule has 0 unspecified atom stereocenters. The summed E-state index contributed by atoms with van der Waals surface area (Å²) >= 11 is 0. The van der Waals surface area contributed by atoms with Crippen molar-refractivity contribution >= 4 is 10.9 Å². The summed E-state index contributed by atoms with van der Waals surface area (Å²) < 4.78 is 5.95. The van der Waals surface area contributed by atoms with E-state index >= 15 is 0 Å². The molecule has 0 aliphatic rings. The minimum atomic E-state index is -0.0108. The second-order valence-electron chi connectivity index (χ2n) is 7.58. The fourth-order valence-corrected chi connectivity index (χ4v) is 3.58. The lowest BCUT2D eigenvalue weighted by Gasteiger charge is -2.21. The first-order valence-electron chi connectivity index (χ1n) is 10.4. The Bertz CT molecular complexity index is 1120. The van der Waals surface area contributed by atoms with Crippen LogP contribution in [0.3, 0.4) is 0 Å². The van der Waals surface area contributed by atoms with E-state index in [1.807, 2.05) is 42.5 Å². The number of aromatic nitrogens is 2. The number of rotatable bonds is 7. The maximum atomic E-state index is 5.95. The van der Waals surface area contributed by atoms with Gasteiger partial charge in [0.05, 0.1) is 17.3 Å². The number of hydrogen-bond acceptors (Lipinski definition) is 4. The molecule has 0 amide bonds. The Labute approximate surface area is 178 Å². The van der Waals surface area contributed by atoms with Crippen LogP contribution in [0.2, 0.25) is 0 Å². The van der Waals surface area contributed by atoms with Gasteiger partial charge in [-0.25, -0.2) is 9.97 Å². The lowest BCUT2D eigenvalue weighted by Crippen LogP contribution is -2.24. The predicted octanol–water partition coefficient (Wildman–Crippen LogP) is 6.13. The number of nitrogens with one attached hydrogen (secondary N) is 1. The van der Waals surface area contributed by atoms with Gasteiger partial charge in [0.15, 0.2) is 0 Å². The number of para-hydroxylation sites is 1. The van der Waals surface area contributed by atoms with E-state index in [1.54, 1.807) is 6.33 Å². The molecule has 0 aliphatic heterocycles. The van der Waals surface area contributed by atoms with Gasteiger partial charge < -0.3 is 10.1 Å². The third-order valence-corrected chi connectivity index (χ3v) is 5.35. The number of hydrogen-bond donors (Lipinski definition) is 1. The number of nitrogens with zero attached hydrogens (tertiary/aromatic N) is 2. The Morgan fingerprint density at radius 1 is 0.867 bits per heavy atom. The smallest absolute Gasteiger partial charge is 0.127 e. The van der Waals surface area contributed by atoms with E-state index in [2.05, 4.69) is 55.3 Å². The van der Waals surface area contributed by atoms with Gasteiger partial charge in [0.2, 0.25) is 0 Å². The van der Waals surface area contributed by atoms with E-state index in [9.17, 15) is 0 Å². The summed E-state index contributed by atoms with van der Waals surface area (Å²) in [5.41, 5.74) is 5.64. The SMILES string of the molecule is CCCN[C@@H](c1ccc(Oc2ccccc2)cc1)c1ncnc2cc(C)c(C)cc12. The second-order valence-corrected chi connectivity index (χ2v) is 7.58. The van der Waals surface area contributed by atoms with Gasteiger partial charge in [-0.3, -0.25) is 0 Å². The average Bonchev–Trinajstić information content (AvgIpc) is 2.77. The largest absolute Gasteiger partial charge is 0.457 e. The molecule has 3 aromatic carbocycles. The van der Waals surface area contributed by atoms with E-state index in [0.29, 0.717) is 0 Å². The molecule has 1 atom stereocenters. The molecule has 0 radical (unpaired) electrons. The van der Waals surface area contributed by atoms with Gasteiger partial charge in [-0.1, -0.05) is 37.3 Å². The summed E-state index contributed by atoms with van der Waals surface area (Å²) in [7, 11) is 0. The van der Waals surface area contributed by atoms with Crippen molar-refractivity contribution in [2.24, 2.45) is 0 Å². The van der Waals surface area contributed by atoms with E-state index in [1.165, 1.54) is 11.1 Å². The first-order valence-corrected chi connectivity index (χ1v) is 10.4. The Hall–Kier alpha value is -3.24. The maximum absolute atomic E-state index is 5.95.